The first-order valence-corrected chi connectivity index (χ1v) is 11.3. The Hall–Kier alpha value is -3.20. The average Bonchev–Trinajstić information content (AvgIpc) is 3.56. The molecule has 3 N–H and O–H groups in total. The molecule has 4 atom stereocenters. The van der Waals surface area contributed by atoms with Gasteiger partial charge in [0.25, 0.3) is 0 Å². The molecule has 8 heteroatoms. The third-order valence-corrected chi connectivity index (χ3v) is 6.96. The Bertz CT molecular complexity index is 1300. The van der Waals surface area contributed by atoms with E-state index in [4.69, 9.17) is 9.15 Å². The van der Waals surface area contributed by atoms with E-state index >= 15 is 0 Å². The van der Waals surface area contributed by atoms with E-state index in [1.54, 1.807) is 12.4 Å². The molecule has 170 valence electrons. The molecule has 0 saturated heterocycles. The summed E-state index contributed by atoms with van der Waals surface area (Å²) in [7, 11) is 0. The van der Waals surface area contributed by atoms with Crippen LogP contribution in [0, 0.1) is 6.92 Å². The minimum absolute atomic E-state index is 0.330. The molecule has 6 rings (SSSR count). The summed E-state index contributed by atoms with van der Waals surface area (Å²) < 4.78 is 13.9. The maximum Gasteiger partial charge on any atom is 0.181 e. The molecular formula is C25H26N4O4. The molecule has 0 spiro atoms. The van der Waals surface area contributed by atoms with Crippen molar-refractivity contribution >= 4 is 11.0 Å². The number of benzene rings is 1. The minimum atomic E-state index is -1.02. The van der Waals surface area contributed by atoms with Gasteiger partial charge in [-0.15, -0.1) is 0 Å². The van der Waals surface area contributed by atoms with Crippen LogP contribution in [0.2, 0.25) is 0 Å². The highest BCUT2D eigenvalue weighted by Crippen LogP contribution is 2.39. The van der Waals surface area contributed by atoms with Crippen LogP contribution in [0.3, 0.4) is 0 Å². The number of hydrogen-bond acceptors (Lipinski definition) is 7. The third kappa shape index (κ3) is 3.42. The molecule has 0 amide bonds. The molecule has 8 nitrogen and oxygen atoms in total. The van der Waals surface area contributed by atoms with Crippen molar-refractivity contribution in [3.05, 3.63) is 65.9 Å². The zero-order valence-corrected chi connectivity index (χ0v) is 18.3. The number of nitrogens with one attached hydrogen (secondary N) is 1. The number of aryl methyl sites for hydroxylation is 1. The van der Waals surface area contributed by atoms with Crippen molar-refractivity contribution in [1.29, 1.82) is 0 Å². The van der Waals surface area contributed by atoms with E-state index in [9.17, 15) is 10.2 Å². The van der Waals surface area contributed by atoms with E-state index in [1.165, 1.54) is 12.0 Å². The minimum Gasteiger partial charge on any atom is -0.487 e. The molecule has 0 unspecified atom stereocenters. The molecule has 0 radical (unpaired) electrons. The Balaban J connectivity index is 1.33. The van der Waals surface area contributed by atoms with Gasteiger partial charge in [0.05, 0.1) is 12.2 Å². The second-order valence-electron chi connectivity index (χ2n) is 8.93. The summed E-state index contributed by atoms with van der Waals surface area (Å²) in [5.74, 6) is 1.38. The molecular weight excluding hydrogens is 420 g/mol. The lowest BCUT2D eigenvalue weighted by molar-refractivity contribution is -0.0166. The fourth-order valence-corrected chi connectivity index (χ4v) is 5.15. The highest BCUT2D eigenvalue weighted by molar-refractivity contribution is 5.79. The maximum absolute atomic E-state index is 10.9. The Morgan fingerprint density at radius 1 is 1.21 bits per heavy atom. The molecule has 1 aliphatic carbocycles. The Morgan fingerprint density at radius 2 is 2.12 bits per heavy atom. The smallest absolute Gasteiger partial charge is 0.181 e. The number of pyridine rings is 1. The second kappa shape index (κ2) is 7.98. The van der Waals surface area contributed by atoms with Crippen LogP contribution in [-0.4, -0.2) is 49.6 Å². The highest BCUT2D eigenvalue weighted by Gasteiger charge is 2.44. The van der Waals surface area contributed by atoms with E-state index in [2.05, 4.69) is 21.4 Å². The zero-order valence-electron chi connectivity index (χ0n) is 18.3. The summed E-state index contributed by atoms with van der Waals surface area (Å²) in [5, 5.41) is 26.3. The summed E-state index contributed by atoms with van der Waals surface area (Å²) >= 11 is 0. The summed E-state index contributed by atoms with van der Waals surface area (Å²) in [6.07, 6.45) is 5.63. The maximum atomic E-state index is 10.9. The lowest BCUT2D eigenvalue weighted by Gasteiger charge is -2.25. The van der Waals surface area contributed by atoms with E-state index in [-0.39, 0.29) is 6.04 Å². The van der Waals surface area contributed by atoms with Gasteiger partial charge in [-0.3, -0.25) is 0 Å². The molecule has 1 saturated carbocycles. The molecule has 4 heterocycles. The van der Waals surface area contributed by atoms with Gasteiger partial charge in [-0.1, -0.05) is 0 Å². The van der Waals surface area contributed by atoms with Crippen LogP contribution in [0.5, 0.6) is 5.75 Å². The van der Waals surface area contributed by atoms with Crippen molar-refractivity contribution in [3.63, 3.8) is 0 Å². The molecule has 1 fully saturated rings. The molecule has 0 bridgehead atoms. The number of nitrogens with zero attached hydrogens (tertiary/aromatic N) is 3. The fourth-order valence-electron chi connectivity index (χ4n) is 5.15. The van der Waals surface area contributed by atoms with Crippen LogP contribution in [-0.2, 0) is 13.0 Å². The number of aliphatic hydroxyl groups excluding tert-OH is 2. The molecule has 1 aromatic carbocycles. The van der Waals surface area contributed by atoms with Crippen molar-refractivity contribution in [2.45, 2.75) is 50.7 Å². The van der Waals surface area contributed by atoms with Crippen LogP contribution in [0.1, 0.15) is 29.2 Å². The number of fused-ring (bicyclic) bond motifs is 2. The predicted molar refractivity (Wildman–Crippen MR) is 122 cm³/mol. The molecule has 2 aliphatic rings. The van der Waals surface area contributed by atoms with Gasteiger partial charge in [0, 0.05) is 41.9 Å². The first kappa shape index (κ1) is 20.4. The van der Waals surface area contributed by atoms with E-state index < -0.39 is 18.3 Å². The molecule has 1 aliphatic heterocycles. The number of aliphatic hydroxyl groups is 2. The van der Waals surface area contributed by atoms with Crippen molar-refractivity contribution < 1.29 is 19.4 Å². The monoisotopic (exact) mass is 446 g/mol. The first-order valence-electron chi connectivity index (χ1n) is 11.3. The van der Waals surface area contributed by atoms with Crippen LogP contribution in [0.25, 0.3) is 22.4 Å². The van der Waals surface area contributed by atoms with Gasteiger partial charge in [-0.05, 0) is 55.3 Å². The third-order valence-electron chi connectivity index (χ3n) is 6.96. The van der Waals surface area contributed by atoms with Crippen LogP contribution in [0.15, 0.2) is 53.7 Å². The summed E-state index contributed by atoms with van der Waals surface area (Å²) in [5.41, 5.74) is 5.10. The van der Waals surface area contributed by atoms with Crippen molar-refractivity contribution in [1.82, 2.24) is 19.9 Å². The van der Waals surface area contributed by atoms with E-state index in [0.29, 0.717) is 24.5 Å². The van der Waals surface area contributed by atoms with Crippen molar-refractivity contribution in [2.24, 2.45) is 0 Å². The molecule has 3 aromatic heterocycles. The number of oxazole rings is 1. The largest absolute Gasteiger partial charge is 0.487 e. The Morgan fingerprint density at radius 3 is 2.97 bits per heavy atom. The van der Waals surface area contributed by atoms with E-state index in [1.807, 2.05) is 35.9 Å². The van der Waals surface area contributed by atoms with Gasteiger partial charge in [0.2, 0.25) is 0 Å². The zero-order chi connectivity index (χ0) is 22.5. The molecule has 33 heavy (non-hydrogen) atoms. The average molecular weight is 447 g/mol. The first-order chi connectivity index (χ1) is 16.1. The highest BCUT2D eigenvalue weighted by atomic mass is 16.5. The van der Waals surface area contributed by atoms with Crippen LogP contribution < -0.4 is 10.1 Å². The van der Waals surface area contributed by atoms with Crippen LogP contribution >= 0.6 is 0 Å². The van der Waals surface area contributed by atoms with Gasteiger partial charge in [-0.2, -0.15) is 0 Å². The number of rotatable bonds is 4. The Kier molecular flexibility index (Phi) is 4.94. The molecule has 4 aromatic rings. The van der Waals surface area contributed by atoms with Gasteiger partial charge < -0.3 is 29.3 Å². The van der Waals surface area contributed by atoms with Crippen molar-refractivity contribution in [3.8, 4) is 17.1 Å². The predicted octanol–water partition coefficient (Wildman–Crippen LogP) is 2.76. The van der Waals surface area contributed by atoms with Gasteiger partial charge in [-0.25, -0.2) is 9.97 Å². The summed E-state index contributed by atoms with van der Waals surface area (Å²) in [6, 6.07) is 7.70. The number of hydrogen-bond donors (Lipinski definition) is 3. The van der Waals surface area contributed by atoms with E-state index in [0.717, 1.165) is 40.7 Å². The summed E-state index contributed by atoms with van der Waals surface area (Å²) in [4.78, 5) is 8.55. The number of ether oxygens (including phenoxy) is 1. The standard InChI is InChI=1S/C25H26N4O4/c1-14-2-6-28-25-17(14)4-7-29(25)19-10-21(24(31)23(19)30)33-20-9-16(22-12-27-13-32-22)8-15-3-5-26-11-18(15)20/h2,4,6-9,12-13,19,21,23-24,26,30-31H,3,5,10-11H2,1H3/t19-,21+,23+,24-/m1/s1. The van der Waals surface area contributed by atoms with Gasteiger partial charge in [0.1, 0.15) is 29.7 Å². The number of aromatic nitrogens is 3. The van der Waals surface area contributed by atoms with Gasteiger partial charge >= 0.3 is 0 Å². The Labute approximate surface area is 190 Å². The van der Waals surface area contributed by atoms with Crippen LogP contribution in [0.4, 0.5) is 0 Å². The summed E-state index contributed by atoms with van der Waals surface area (Å²) in [6.45, 7) is 3.63. The van der Waals surface area contributed by atoms with Gasteiger partial charge in [0.15, 0.2) is 12.2 Å². The second-order valence-corrected chi connectivity index (χ2v) is 8.93. The topological polar surface area (TPSA) is 106 Å². The SMILES string of the molecule is Cc1ccnc2c1ccn2[C@@H]1C[C@H](Oc2cc(-c3cnco3)cc3c2CNCC3)[C@@H](O)[C@H]1O. The lowest BCUT2D eigenvalue weighted by Crippen LogP contribution is -2.34. The lowest BCUT2D eigenvalue weighted by atomic mass is 9.96. The quantitative estimate of drug-likeness (QED) is 0.443. The van der Waals surface area contributed by atoms with Crippen molar-refractivity contribution in [2.75, 3.05) is 6.54 Å². The normalized spacial score (nSPS) is 24.8. The fraction of sp³-hybridized carbons (Fsp3) is 0.360.